The van der Waals surface area contributed by atoms with Crippen molar-refractivity contribution in [1.29, 1.82) is 0 Å². The number of hydrogen-bond acceptors (Lipinski definition) is 2. The largest absolute Gasteiger partial charge is 0.461 e. The molecule has 0 radical (unpaired) electrons. The maximum Gasteiger partial charge on any atom is 0.461 e. The zero-order valence-corrected chi connectivity index (χ0v) is 21.5. The van der Waals surface area contributed by atoms with E-state index < -0.39 is 30.5 Å². The maximum absolute atomic E-state index is 13.7. The third kappa shape index (κ3) is 6.87. The number of halogens is 8. The molecule has 10 heteroatoms. The fourth-order valence-electron chi connectivity index (χ4n) is 3.82. The van der Waals surface area contributed by atoms with Gasteiger partial charge in [0.05, 0.1) is 0 Å². The lowest BCUT2D eigenvalue weighted by molar-refractivity contribution is -0.253. The van der Waals surface area contributed by atoms with E-state index in [4.69, 9.17) is 0 Å². The molecule has 2 aromatic rings. The van der Waals surface area contributed by atoms with Crippen LogP contribution in [0.25, 0.3) is 0 Å². The fourth-order valence-corrected chi connectivity index (χ4v) is 3.82. The summed E-state index contributed by atoms with van der Waals surface area (Å²) in [5, 5.41) is 0. The zero-order chi connectivity index (χ0) is 28.3. The predicted octanol–water partition coefficient (Wildman–Crippen LogP) is 9.51. The Morgan fingerprint density at radius 2 is 0.973 bits per heavy atom. The average Bonchev–Trinajstić information content (AvgIpc) is 2.82. The molecule has 2 unspecified atom stereocenters. The van der Waals surface area contributed by atoms with E-state index in [0.29, 0.717) is 35.1 Å². The van der Waals surface area contributed by atoms with Gasteiger partial charge in [0.25, 0.3) is 0 Å². The molecule has 2 rings (SSSR count). The molecular weight excluding hydrogens is 508 g/mol. The second-order valence-electron chi connectivity index (χ2n) is 9.68. The van der Waals surface area contributed by atoms with Crippen molar-refractivity contribution in [3.63, 3.8) is 0 Å². The van der Waals surface area contributed by atoms with Crippen molar-refractivity contribution in [3.8, 4) is 11.5 Å². The van der Waals surface area contributed by atoms with Crippen LogP contribution in [0.15, 0.2) is 36.4 Å². The monoisotopic (exact) mass is 540 g/mol. The Hall–Kier alpha value is -2.52. The lowest BCUT2D eigenvalue weighted by Gasteiger charge is -2.30. The van der Waals surface area contributed by atoms with Crippen molar-refractivity contribution >= 4 is 0 Å². The summed E-state index contributed by atoms with van der Waals surface area (Å²) < 4.78 is 114. The van der Waals surface area contributed by atoms with Crippen LogP contribution in [0.2, 0.25) is 0 Å². The fraction of sp³-hybridized carbons (Fsp3) is 0.556. The molecule has 0 spiro atoms. The van der Waals surface area contributed by atoms with Gasteiger partial charge in [0.1, 0.15) is 11.5 Å². The van der Waals surface area contributed by atoms with Gasteiger partial charge >= 0.3 is 25.1 Å². The summed E-state index contributed by atoms with van der Waals surface area (Å²) in [5.74, 6) is -1.33. The van der Waals surface area contributed by atoms with Crippen molar-refractivity contribution in [1.82, 2.24) is 0 Å². The van der Waals surface area contributed by atoms with Gasteiger partial charge in [-0.1, -0.05) is 65.8 Å². The molecule has 208 valence electrons. The van der Waals surface area contributed by atoms with Crippen molar-refractivity contribution in [3.05, 3.63) is 58.7 Å². The molecule has 0 aliphatic heterocycles. The molecule has 37 heavy (non-hydrogen) atoms. The quantitative estimate of drug-likeness (QED) is 0.250. The number of ether oxygens (including phenoxy) is 2. The van der Waals surface area contributed by atoms with E-state index in [1.54, 1.807) is 39.8 Å². The number of alkyl halides is 8. The van der Waals surface area contributed by atoms with E-state index in [1.165, 1.54) is 24.3 Å². The normalized spacial score (nSPS) is 14.7. The van der Waals surface area contributed by atoms with Crippen LogP contribution in [0.3, 0.4) is 0 Å². The topological polar surface area (TPSA) is 18.5 Å². The van der Waals surface area contributed by atoms with Crippen molar-refractivity contribution in [2.75, 3.05) is 0 Å². The molecule has 0 fully saturated rings. The van der Waals surface area contributed by atoms with Gasteiger partial charge in [-0.15, -0.1) is 0 Å². The minimum atomic E-state index is -4.67. The van der Waals surface area contributed by atoms with Gasteiger partial charge in [-0.3, -0.25) is 0 Å². The van der Waals surface area contributed by atoms with E-state index in [-0.39, 0.29) is 23.3 Å². The van der Waals surface area contributed by atoms with Crippen LogP contribution >= 0.6 is 0 Å². The Kier molecular flexibility index (Phi) is 9.52. The molecule has 2 atom stereocenters. The third-order valence-electron chi connectivity index (χ3n) is 6.75. The summed E-state index contributed by atoms with van der Waals surface area (Å²) in [4.78, 5) is 0. The second-order valence-corrected chi connectivity index (χ2v) is 9.68. The molecule has 2 aromatic carbocycles. The molecule has 0 aromatic heterocycles. The van der Waals surface area contributed by atoms with E-state index >= 15 is 0 Å². The first-order valence-corrected chi connectivity index (χ1v) is 12.0. The van der Waals surface area contributed by atoms with E-state index in [2.05, 4.69) is 9.47 Å². The first-order valence-electron chi connectivity index (χ1n) is 12.0. The zero-order valence-electron chi connectivity index (χ0n) is 21.5. The Morgan fingerprint density at radius 3 is 1.24 bits per heavy atom. The molecule has 0 saturated carbocycles. The Labute approximate surface area is 212 Å². The summed E-state index contributed by atoms with van der Waals surface area (Å²) in [7, 11) is 0. The van der Waals surface area contributed by atoms with E-state index in [0.717, 1.165) is 0 Å². The van der Waals surface area contributed by atoms with Crippen molar-refractivity contribution in [2.24, 2.45) is 0 Å². The number of rotatable bonds is 12. The van der Waals surface area contributed by atoms with Gasteiger partial charge in [-0.2, -0.15) is 35.1 Å². The summed E-state index contributed by atoms with van der Waals surface area (Å²) in [5.41, 5.74) is 1.05. The van der Waals surface area contributed by atoms with Gasteiger partial charge in [0.2, 0.25) is 0 Å². The Balaban J connectivity index is 2.59. The van der Waals surface area contributed by atoms with Gasteiger partial charge in [0, 0.05) is 5.41 Å². The number of hydrogen-bond donors (Lipinski definition) is 0. The summed E-state index contributed by atoms with van der Waals surface area (Å²) >= 11 is 0. The Morgan fingerprint density at radius 1 is 0.649 bits per heavy atom. The SMILES string of the molecule is CCC(C)c1cc(C(C)(C)c2ccc(OC(F)(F)C(F)F)c(C(C)CC)c2)ccc1OC(F)(F)C(F)F. The summed E-state index contributed by atoms with van der Waals surface area (Å²) in [6.45, 7) is 10.7. The highest BCUT2D eigenvalue weighted by atomic mass is 19.3. The maximum atomic E-state index is 13.7. The highest BCUT2D eigenvalue weighted by Gasteiger charge is 2.45. The summed E-state index contributed by atoms with van der Waals surface area (Å²) in [6, 6.07) is 8.57. The van der Waals surface area contributed by atoms with Crippen LogP contribution in [0, 0.1) is 0 Å². The van der Waals surface area contributed by atoms with Crippen molar-refractivity contribution in [2.45, 2.75) is 96.7 Å². The van der Waals surface area contributed by atoms with Crippen LogP contribution in [-0.2, 0) is 5.41 Å². The highest BCUT2D eigenvalue weighted by molar-refractivity contribution is 5.49. The second kappa shape index (κ2) is 11.5. The predicted molar refractivity (Wildman–Crippen MR) is 126 cm³/mol. The smallest absolute Gasteiger partial charge is 0.428 e. The molecule has 2 nitrogen and oxygen atoms in total. The third-order valence-corrected chi connectivity index (χ3v) is 6.75. The van der Waals surface area contributed by atoms with Crippen LogP contribution in [0.5, 0.6) is 11.5 Å². The molecule has 0 bridgehead atoms. The first kappa shape index (κ1) is 30.7. The van der Waals surface area contributed by atoms with Crippen LogP contribution in [0.1, 0.15) is 88.5 Å². The molecule has 0 aliphatic carbocycles. The molecule has 0 amide bonds. The minimum absolute atomic E-state index is 0.303. The lowest BCUT2D eigenvalue weighted by Crippen LogP contribution is -2.34. The molecule has 0 N–H and O–H groups in total. The number of benzene rings is 2. The van der Waals surface area contributed by atoms with Crippen LogP contribution < -0.4 is 9.47 Å². The lowest BCUT2D eigenvalue weighted by atomic mass is 9.75. The highest BCUT2D eigenvalue weighted by Crippen LogP contribution is 2.42. The average molecular weight is 541 g/mol. The van der Waals surface area contributed by atoms with Crippen molar-refractivity contribution < 1.29 is 44.6 Å². The van der Waals surface area contributed by atoms with Crippen LogP contribution in [0.4, 0.5) is 35.1 Å². The van der Waals surface area contributed by atoms with Gasteiger partial charge in [-0.05, 0) is 59.1 Å². The standard InChI is InChI=1S/C27H32F8O2/c1-7-15(3)19-13-17(9-11-21(19)36-26(32,33)23(28)29)25(5,6)18-10-12-22(20(14-18)16(4)8-2)37-27(34,35)24(30)31/h9-16,23-24H,7-8H2,1-6H3. The van der Waals surface area contributed by atoms with Gasteiger partial charge in [-0.25, -0.2) is 0 Å². The summed E-state index contributed by atoms with van der Waals surface area (Å²) in [6.07, 6.45) is -16.3. The van der Waals surface area contributed by atoms with E-state index in [9.17, 15) is 35.1 Å². The Bertz CT molecular complexity index is 971. The first-order chi connectivity index (χ1) is 17.0. The molecule has 0 heterocycles. The van der Waals surface area contributed by atoms with Gasteiger partial charge < -0.3 is 9.47 Å². The van der Waals surface area contributed by atoms with Crippen LogP contribution in [-0.4, -0.2) is 25.1 Å². The molecule has 0 aliphatic rings. The molecular formula is C27H32F8O2. The molecule has 0 saturated heterocycles. The minimum Gasteiger partial charge on any atom is -0.428 e. The van der Waals surface area contributed by atoms with E-state index in [1.807, 2.05) is 13.8 Å². The van der Waals surface area contributed by atoms with Gasteiger partial charge in [0.15, 0.2) is 0 Å².